The number of methoxy groups -OCH3 is 2. The van der Waals surface area contributed by atoms with Crippen LogP contribution in [0.5, 0.6) is 5.75 Å². The second-order valence-corrected chi connectivity index (χ2v) is 7.72. The van der Waals surface area contributed by atoms with Crippen LogP contribution >= 0.6 is 0 Å². The highest BCUT2D eigenvalue weighted by molar-refractivity contribution is 6.05. The van der Waals surface area contributed by atoms with Crippen molar-refractivity contribution < 1.29 is 24.0 Å². The van der Waals surface area contributed by atoms with Crippen LogP contribution in [0.2, 0.25) is 0 Å². The third-order valence-corrected chi connectivity index (χ3v) is 5.97. The van der Waals surface area contributed by atoms with E-state index >= 15 is 0 Å². The number of ketones is 1. The van der Waals surface area contributed by atoms with E-state index < -0.39 is 16.8 Å². The number of nitro benzene ring substituents is 1. The summed E-state index contributed by atoms with van der Waals surface area (Å²) in [6.07, 6.45) is 1.37. The van der Waals surface area contributed by atoms with Gasteiger partial charge >= 0.3 is 5.97 Å². The summed E-state index contributed by atoms with van der Waals surface area (Å²) in [6, 6.07) is 13.1. The summed E-state index contributed by atoms with van der Waals surface area (Å²) in [5.41, 5.74) is 8.26. The van der Waals surface area contributed by atoms with Crippen molar-refractivity contribution in [3.8, 4) is 5.75 Å². The van der Waals surface area contributed by atoms with Crippen LogP contribution in [0.1, 0.15) is 30.7 Å². The fourth-order valence-electron chi connectivity index (χ4n) is 4.51. The lowest BCUT2D eigenvalue weighted by Gasteiger charge is -2.40. The van der Waals surface area contributed by atoms with E-state index in [-0.39, 0.29) is 28.6 Å². The zero-order valence-corrected chi connectivity index (χ0v) is 18.2. The highest BCUT2D eigenvalue weighted by Gasteiger charge is 2.44. The molecular formula is C24H23N3O6. The van der Waals surface area contributed by atoms with E-state index in [0.29, 0.717) is 41.8 Å². The maximum atomic E-state index is 13.2. The molecule has 9 heteroatoms. The molecule has 1 atom stereocenters. The molecule has 0 unspecified atom stereocenters. The van der Waals surface area contributed by atoms with Gasteiger partial charge in [0.25, 0.3) is 5.69 Å². The Kier molecular flexibility index (Phi) is 5.87. The highest BCUT2D eigenvalue weighted by Crippen LogP contribution is 2.48. The summed E-state index contributed by atoms with van der Waals surface area (Å²) >= 11 is 0. The second-order valence-electron chi connectivity index (χ2n) is 7.72. The molecule has 2 aliphatic rings. The van der Waals surface area contributed by atoms with Crippen molar-refractivity contribution in [1.29, 1.82) is 0 Å². The molecule has 0 fully saturated rings. The number of para-hydroxylation sites is 2. The maximum absolute atomic E-state index is 13.2. The van der Waals surface area contributed by atoms with Crippen molar-refractivity contribution >= 4 is 23.1 Å². The van der Waals surface area contributed by atoms with Crippen LogP contribution in [0.15, 0.2) is 71.2 Å². The summed E-state index contributed by atoms with van der Waals surface area (Å²) < 4.78 is 10.3. The number of Topliss-reactive ketones (excluding diaryl/α,β-unsaturated/α-hetero) is 1. The van der Waals surface area contributed by atoms with E-state index in [2.05, 4.69) is 0 Å². The normalized spacial score (nSPS) is 18.2. The van der Waals surface area contributed by atoms with Crippen LogP contribution < -0.4 is 15.4 Å². The van der Waals surface area contributed by atoms with E-state index in [4.69, 9.17) is 15.2 Å². The molecule has 0 spiro atoms. The van der Waals surface area contributed by atoms with Crippen molar-refractivity contribution in [3.63, 3.8) is 0 Å². The largest absolute Gasteiger partial charge is 0.497 e. The minimum atomic E-state index is -0.759. The number of esters is 1. The molecule has 9 nitrogen and oxygen atoms in total. The number of benzene rings is 2. The molecule has 2 aromatic carbocycles. The number of nitrogens with zero attached hydrogens (tertiary/aromatic N) is 2. The first-order chi connectivity index (χ1) is 15.9. The van der Waals surface area contributed by atoms with Gasteiger partial charge in [0.15, 0.2) is 5.78 Å². The van der Waals surface area contributed by atoms with Crippen molar-refractivity contribution in [1.82, 2.24) is 0 Å². The molecule has 1 heterocycles. The number of hydrogen-bond acceptors (Lipinski definition) is 8. The third kappa shape index (κ3) is 3.71. The van der Waals surface area contributed by atoms with Crippen molar-refractivity contribution in [2.45, 2.75) is 25.2 Å². The van der Waals surface area contributed by atoms with Gasteiger partial charge in [-0.15, -0.1) is 0 Å². The first kappa shape index (κ1) is 22.1. The van der Waals surface area contributed by atoms with Gasteiger partial charge in [0, 0.05) is 23.8 Å². The fraction of sp³-hybridized carbons (Fsp3) is 0.250. The fourth-order valence-corrected chi connectivity index (χ4v) is 4.51. The van der Waals surface area contributed by atoms with Crippen molar-refractivity contribution in [2.75, 3.05) is 19.1 Å². The number of hydrogen-bond donors (Lipinski definition) is 1. The Morgan fingerprint density at radius 3 is 2.45 bits per heavy atom. The van der Waals surface area contributed by atoms with Crippen LogP contribution in [0.3, 0.4) is 0 Å². The van der Waals surface area contributed by atoms with Crippen LogP contribution in [0.4, 0.5) is 11.4 Å². The molecule has 0 bridgehead atoms. The number of nitrogens with two attached hydrogens (primary N) is 1. The predicted molar refractivity (Wildman–Crippen MR) is 120 cm³/mol. The molecule has 0 aromatic heterocycles. The SMILES string of the molecule is COC(=O)C1=C(N)N(c2ccccc2[N+](=O)[O-])C2=C(C(=O)CCC2)[C@H]1c1ccc(OC)cc1. The first-order valence-corrected chi connectivity index (χ1v) is 10.4. The molecule has 1 aliphatic heterocycles. The van der Waals surface area contributed by atoms with Gasteiger partial charge in [0.1, 0.15) is 17.3 Å². The van der Waals surface area contributed by atoms with Crippen molar-refractivity contribution in [3.05, 3.63) is 86.9 Å². The van der Waals surface area contributed by atoms with E-state index in [1.54, 1.807) is 49.6 Å². The van der Waals surface area contributed by atoms with Crippen LogP contribution in [-0.4, -0.2) is 30.9 Å². The van der Waals surface area contributed by atoms with Gasteiger partial charge in [-0.05, 0) is 36.6 Å². The van der Waals surface area contributed by atoms with Gasteiger partial charge in [0.2, 0.25) is 0 Å². The lowest BCUT2D eigenvalue weighted by atomic mass is 9.75. The standard InChI is InChI=1S/C24H23N3O6/c1-32-15-12-10-14(11-13-15)20-21-18(8-5-9-19(21)28)26(23(25)22(20)24(29)33-2)16-6-3-4-7-17(16)27(30)31/h3-4,6-7,10-13,20H,5,8-9,25H2,1-2H3/t20-/m1/s1. The van der Waals surface area contributed by atoms with Crippen LogP contribution in [0.25, 0.3) is 0 Å². The number of allylic oxidation sites excluding steroid dienone is 2. The second kappa shape index (κ2) is 8.78. The number of carbonyl (C=O) groups excluding carboxylic acids is 2. The van der Waals surface area contributed by atoms with E-state index in [1.807, 2.05) is 0 Å². The summed E-state index contributed by atoms with van der Waals surface area (Å²) in [7, 11) is 2.78. The van der Waals surface area contributed by atoms with Gasteiger partial charge in [-0.2, -0.15) is 0 Å². The van der Waals surface area contributed by atoms with Crippen molar-refractivity contribution in [2.24, 2.45) is 5.73 Å². The molecule has 4 rings (SSSR count). The Hall–Kier alpha value is -4.14. The van der Waals surface area contributed by atoms with Gasteiger partial charge in [-0.3, -0.25) is 19.8 Å². The quantitative estimate of drug-likeness (QED) is 0.417. The Morgan fingerprint density at radius 2 is 1.82 bits per heavy atom. The summed E-state index contributed by atoms with van der Waals surface area (Å²) in [5.74, 6) is -0.969. The molecular weight excluding hydrogens is 426 g/mol. The monoisotopic (exact) mass is 449 g/mol. The molecule has 0 radical (unpaired) electrons. The van der Waals surface area contributed by atoms with Crippen LogP contribution in [-0.2, 0) is 14.3 Å². The smallest absolute Gasteiger partial charge is 0.338 e. The van der Waals surface area contributed by atoms with Gasteiger partial charge in [0.05, 0.1) is 30.6 Å². The predicted octanol–water partition coefficient (Wildman–Crippen LogP) is 3.56. The van der Waals surface area contributed by atoms with Gasteiger partial charge in [-0.25, -0.2) is 4.79 Å². The zero-order valence-electron chi connectivity index (χ0n) is 18.2. The van der Waals surface area contributed by atoms with E-state index in [1.165, 1.54) is 18.1 Å². The minimum absolute atomic E-state index is 0.00502. The maximum Gasteiger partial charge on any atom is 0.338 e. The number of ether oxygens (including phenoxy) is 2. The number of anilines is 1. The van der Waals surface area contributed by atoms with Gasteiger partial charge < -0.3 is 15.2 Å². The molecule has 0 saturated carbocycles. The summed E-state index contributed by atoms with van der Waals surface area (Å²) in [6.45, 7) is 0. The third-order valence-electron chi connectivity index (χ3n) is 5.97. The van der Waals surface area contributed by atoms with Crippen LogP contribution in [0, 0.1) is 10.1 Å². The molecule has 0 amide bonds. The zero-order chi connectivity index (χ0) is 23.7. The number of nitro groups is 1. The first-order valence-electron chi connectivity index (χ1n) is 10.4. The number of carbonyl (C=O) groups is 2. The highest BCUT2D eigenvalue weighted by atomic mass is 16.6. The Bertz CT molecular complexity index is 1200. The Balaban J connectivity index is 2.02. The lowest BCUT2D eigenvalue weighted by molar-refractivity contribution is -0.384. The molecule has 170 valence electrons. The average Bonchev–Trinajstić information content (AvgIpc) is 2.83. The average molecular weight is 449 g/mol. The molecule has 2 aromatic rings. The molecule has 33 heavy (non-hydrogen) atoms. The summed E-state index contributed by atoms with van der Waals surface area (Å²) in [4.78, 5) is 38.9. The Labute approximate surface area is 190 Å². The molecule has 0 saturated heterocycles. The van der Waals surface area contributed by atoms with Gasteiger partial charge in [-0.1, -0.05) is 24.3 Å². The molecule has 1 aliphatic carbocycles. The van der Waals surface area contributed by atoms with E-state index in [9.17, 15) is 19.7 Å². The minimum Gasteiger partial charge on any atom is -0.497 e. The Morgan fingerprint density at radius 1 is 1.12 bits per heavy atom. The topological polar surface area (TPSA) is 125 Å². The number of rotatable bonds is 5. The van der Waals surface area contributed by atoms with E-state index in [0.717, 1.165) is 0 Å². The summed E-state index contributed by atoms with van der Waals surface area (Å²) in [5, 5.41) is 11.7. The lowest BCUT2D eigenvalue weighted by Crippen LogP contribution is -2.41. The molecule has 2 N–H and O–H groups in total.